The first kappa shape index (κ1) is 17.8. The molecule has 4 N–H and O–H groups in total. The lowest BCUT2D eigenvalue weighted by Gasteiger charge is -2.15. The van der Waals surface area contributed by atoms with Gasteiger partial charge in [-0.3, -0.25) is 14.9 Å². The molecule has 24 heavy (non-hydrogen) atoms. The van der Waals surface area contributed by atoms with Gasteiger partial charge >= 0.3 is 6.03 Å². The molecule has 0 spiro atoms. The number of amides is 4. The third-order valence-electron chi connectivity index (χ3n) is 3.60. The monoisotopic (exact) mass is 332 g/mol. The lowest BCUT2D eigenvalue weighted by Crippen LogP contribution is -2.46. The van der Waals surface area contributed by atoms with Crippen LogP contribution in [0.1, 0.15) is 33.6 Å². The van der Waals surface area contributed by atoms with Gasteiger partial charge in [-0.25, -0.2) is 4.79 Å². The number of carbonyl (C=O) groups is 3. The molecular weight excluding hydrogens is 308 g/mol. The number of hydrogen-bond acceptors (Lipinski definition) is 4. The number of rotatable bonds is 6. The summed E-state index contributed by atoms with van der Waals surface area (Å²) in [6.45, 7) is 5.32. The van der Waals surface area contributed by atoms with E-state index in [0.717, 1.165) is 18.5 Å². The van der Waals surface area contributed by atoms with Crippen molar-refractivity contribution in [3.8, 4) is 0 Å². The maximum absolute atomic E-state index is 12.0. The van der Waals surface area contributed by atoms with Crippen LogP contribution in [0.25, 0.3) is 0 Å². The molecule has 0 heterocycles. The minimum absolute atomic E-state index is 0.0508. The average molecular weight is 332 g/mol. The molecule has 1 fully saturated rings. The van der Waals surface area contributed by atoms with Crippen LogP contribution in [-0.2, 0) is 9.59 Å². The van der Waals surface area contributed by atoms with E-state index in [1.807, 2.05) is 13.8 Å². The van der Waals surface area contributed by atoms with Crippen molar-refractivity contribution in [1.29, 1.82) is 0 Å². The fourth-order valence-corrected chi connectivity index (χ4v) is 1.92. The summed E-state index contributed by atoms with van der Waals surface area (Å²) in [4.78, 5) is 35.1. The summed E-state index contributed by atoms with van der Waals surface area (Å²) in [6, 6.07) is 6.23. The van der Waals surface area contributed by atoms with E-state index < -0.39 is 18.0 Å². The quantitative estimate of drug-likeness (QED) is 0.641. The van der Waals surface area contributed by atoms with Crippen molar-refractivity contribution in [2.24, 2.45) is 5.92 Å². The molecule has 1 unspecified atom stereocenters. The molecule has 0 aromatic heterocycles. The Morgan fingerprint density at radius 1 is 0.958 bits per heavy atom. The van der Waals surface area contributed by atoms with Gasteiger partial charge in [-0.15, -0.1) is 0 Å². The average Bonchev–Trinajstić information content (AvgIpc) is 3.32. The van der Waals surface area contributed by atoms with Crippen LogP contribution in [-0.4, -0.2) is 29.9 Å². The van der Waals surface area contributed by atoms with E-state index in [2.05, 4.69) is 21.3 Å². The zero-order valence-electron chi connectivity index (χ0n) is 14.2. The highest BCUT2D eigenvalue weighted by molar-refractivity contribution is 5.98. The number of carbonyl (C=O) groups excluding carboxylic acids is 3. The topological polar surface area (TPSA) is 99.3 Å². The summed E-state index contributed by atoms with van der Waals surface area (Å²) >= 11 is 0. The molecule has 1 atom stereocenters. The smallest absolute Gasteiger partial charge is 0.321 e. The Hall–Kier alpha value is -2.57. The molecule has 2 rings (SSSR count). The van der Waals surface area contributed by atoms with Gasteiger partial charge < -0.3 is 16.0 Å². The fourth-order valence-electron chi connectivity index (χ4n) is 1.92. The molecule has 1 saturated carbocycles. The summed E-state index contributed by atoms with van der Waals surface area (Å²) in [5, 5.41) is 10.8. The third kappa shape index (κ3) is 5.57. The van der Waals surface area contributed by atoms with E-state index in [9.17, 15) is 14.4 Å². The van der Waals surface area contributed by atoms with E-state index in [0.29, 0.717) is 5.69 Å². The van der Waals surface area contributed by atoms with Crippen molar-refractivity contribution in [1.82, 2.24) is 10.6 Å². The molecule has 1 aliphatic carbocycles. The summed E-state index contributed by atoms with van der Waals surface area (Å²) in [6.07, 6.45) is 1.93. The van der Waals surface area contributed by atoms with E-state index in [4.69, 9.17) is 0 Å². The third-order valence-corrected chi connectivity index (χ3v) is 3.60. The van der Waals surface area contributed by atoms with Crippen LogP contribution in [0.4, 0.5) is 16.2 Å². The van der Waals surface area contributed by atoms with Crippen molar-refractivity contribution in [3.63, 3.8) is 0 Å². The van der Waals surface area contributed by atoms with Crippen LogP contribution < -0.4 is 21.3 Å². The van der Waals surface area contributed by atoms with Crippen LogP contribution in [0.15, 0.2) is 24.3 Å². The number of anilines is 2. The van der Waals surface area contributed by atoms with Crippen molar-refractivity contribution in [2.75, 3.05) is 10.6 Å². The minimum atomic E-state index is -0.564. The zero-order valence-corrected chi connectivity index (χ0v) is 14.2. The number of hydrogen-bond donors (Lipinski definition) is 4. The highest BCUT2D eigenvalue weighted by Crippen LogP contribution is 2.18. The standard InChI is InChI=1S/C17H24N4O3/c1-10(2)15(22)19-13-6-4-12(5-7-13)18-11(3)16(23)21-17(24)20-14-8-9-14/h4-7,10-11,14,18H,8-9H2,1-3H3,(H,19,22)(H2,20,21,23,24). The first-order valence-electron chi connectivity index (χ1n) is 8.14. The van der Waals surface area contributed by atoms with Gasteiger partial charge in [0.2, 0.25) is 11.8 Å². The molecule has 4 amide bonds. The summed E-state index contributed by atoms with van der Waals surface area (Å²) < 4.78 is 0. The number of benzene rings is 1. The van der Waals surface area contributed by atoms with E-state index in [1.54, 1.807) is 31.2 Å². The van der Waals surface area contributed by atoms with Gasteiger partial charge in [0.25, 0.3) is 0 Å². The maximum atomic E-state index is 12.0. The van der Waals surface area contributed by atoms with Crippen molar-refractivity contribution >= 4 is 29.2 Å². The first-order chi connectivity index (χ1) is 11.3. The van der Waals surface area contributed by atoms with Gasteiger partial charge in [-0.1, -0.05) is 13.8 Å². The van der Waals surface area contributed by atoms with Crippen LogP contribution in [0.2, 0.25) is 0 Å². The molecule has 1 aromatic carbocycles. The Morgan fingerprint density at radius 2 is 1.54 bits per heavy atom. The predicted octanol–water partition coefficient (Wildman–Crippen LogP) is 2.07. The van der Waals surface area contributed by atoms with E-state index >= 15 is 0 Å². The highest BCUT2D eigenvalue weighted by Gasteiger charge is 2.24. The second-order valence-corrected chi connectivity index (χ2v) is 6.32. The number of nitrogens with one attached hydrogen (secondary N) is 4. The number of imide groups is 1. The van der Waals surface area contributed by atoms with Gasteiger partial charge in [0.15, 0.2) is 0 Å². The molecule has 1 aromatic rings. The lowest BCUT2D eigenvalue weighted by molar-refractivity contribution is -0.120. The van der Waals surface area contributed by atoms with Gasteiger partial charge in [-0.2, -0.15) is 0 Å². The largest absolute Gasteiger partial charge is 0.374 e. The van der Waals surface area contributed by atoms with Crippen molar-refractivity contribution in [2.45, 2.75) is 45.7 Å². The molecule has 0 radical (unpaired) electrons. The van der Waals surface area contributed by atoms with Crippen LogP contribution in [0.5, 0.6) is 0 Å². The van der Waals surface area contributed by atoms with Crippen molar-refractivity contribution < 1.29 is 14.4 Å². The van der Waals surface area contributed by atoms with Crippen molar-refractivity contribution in [3.05, 3.63) is 24.3 Å². The molecule has 7 heteroatoms. The first-order valence-corrected chi connectivity index (χ1v) is 8.14. The second kappa shape index (κ2) is 7.81. The van der Waals surface area contributed by atoms with Crippen LogP contribution in [0, 0.1) is 5.92 Å². The Labute approximate surface area is 141 Å². The van der Waals surface area contributed by atoms with E-state index in [1.165, 1.54) is 0 Å². The van der Waals surface area contributed by atoms with Gasteiger partial charge in [0, 0.05) is 23.3 Å². The summed E-state index contributed by atoms with van der Waals surface area (Å²) in [7, 11) is 0. The fraction of sp³-hybridized carbons (Fsp3) is 0.471. The predicted molar refractivity (Wildman–Crippen MR) is 92.7 cm³/mol. The Morgan fingerprint density at radius 3 is 2.08 bits per heavy atom. The lowest BCUT2D eigenvalue weighted by atomic mass is 10.2. The summed E-state index contributed by atoms with van der Waals surface area (Å²) in [5.41, 5.74) is 1.42. The second-order valence-electron chi connectivity index (χ2n) is 6.32. The van der Waals surface area contributed by atoms with Gasteiger partial charge in [0.05, 0.1) is 0 Å². The molecule has 0 aliphatic heterocycles. The normalized spacial score (nSPS) is 14.7. The SMILES string of the molecule is CC(C)C(=O)Nc1ccc(NC(C)C(=O)NC(=O)NC2CC2)cc1. The van der Waals surface area contributed by atoms with Crippen LogP contribution in [0.3, 0.4) is 0 Å². The van der Waals surface area contributed by atoms with E-state index in [-0.39, 0.29) is 17.9 Å². The molecule has 130 valence electrons. The number of urea groups is 1. The highest BCUT2D eigenvalue weighted by atomic mass is 16.2. The minimum Gasteiger partial charge on any atom is -0.374 e. The van der Waals surface area contributed by atoms with Gasteiger partial charge in [0.1, 0.15) is 6.04 Å². The summed E-state index contributed by atoms with van der Waals surface area (Å²) in [5.74, 6) is -0.538. The molecule has 1 aliphatic rings. The Bertz CT molecular complexity index is 609. The van der Waals surface area contributed by atoms with Gasteiger partial charge in [-0.05, 0) is 44.0 Å². The Balaban J connectivity index is 1.82. The molecular formula is C17H24N4O3. The molecule has 0 saturated heterocycles. The molecule has 7 nitrogen and oxygen atoms in total. The molecule has 0 bridgehead atoms. The zero-order chi connectivity index (χ0) is 17.7. The van der Waals surface area contributed by atoms with Crippen LogP contribution >= 0.6 is 0 Å². The Kier molecular flexibility index (Phi) is 5.78. The maximum Gasteiger partial charge on any atom is 0.321 e.